The van der Waals surface area contributed by atoms with E-state index in [1.807, 2.05) is 0 Å². The lowest BCUT2D eigenvalue weighted by molar-refractivity contribution is -0.196. The zero-order valence-corrected chi connectivity index (χ0v) is 8.14. The summed E-state index contributed by atoms with van der Waals surface area (Å²) in [6.45, 7) is 0.425. The molecule has 4 heteroatoms. The maximum Gasteiger partial charge on any atom is 0.410 e. The van der Waals surface area contributed by atoms with Crippen LogP contribution in [-0.4, -0.2) is 12.7 Å². The molecule has 0 bridgehead atoms. The van der Waals surface area contributed by atoms with Crippen LogP contribution in [0.25, 0.3) is 0 Å². The van der Waals surface area contributed by atoms with E-state index in [0.29, 0.717) is 18.5 Å². The van der Waals surface area contributed by atoms with Crippen LogP contribution in [0.3, 0.4) is 0 Å². The van der Waals surface area contributed by atoms with Gasteiger partial charge in [0, 0.05) is 0 Å². The van der Waals surface area contributed by atoms with Gasteiger partial charge in [-0.2, -0.15) is 13.2 Å². The van der Waals surface area contributed by atoms with Gasteiger partial charge in [-0.05, 0) is 24.9 Å². The van der Waals surface area contributed by atoms with Gasteiger partial charge in [-0.25, -0.2) is 0 Å². The molecule has 1 heterocycles. The summed E-state index contributed by atoms with van der Waals surface area (Å²) in [5, 5.41) is 2.60. The summed E-state index contributed by atoms with van der Waals surface area (Å²) < 4.78 is 39.1. The van der Waals surface area contributed by atoms with Gasteiger partial charge in [-0.15, -0.1) is 0 Å². The van der Waals surface area contributed by atoms with Crippen molar-refractivity contribution in [3.05, 3.63) is 35.9 Å². The maximum absolute atomic E-state index is 13.0. The zero-order chi connectivity index (χ0) is 10.9. The number of hydrogen-bond donors (Lipinski definition) is 1. The molecule has 1 aromatic rings. The van der Waals surface area contributed by atoms with E-state index in [2.05, 4.69) is 5.32 Å². The fraction of sp³-hybridized carbons (Fsp3) is 0.455. The fourth-order valence-electron chi connectivity index (χ4n) is 2.12. The van der Waals surface area contributed by atoms with E-state index in [1.54, 1.807) is 18.2 Å². The monoisotopic (exact) mass is 215 g/mol. The molecule has 1 aliphatic rings. The first-order valence-electron chi connectivity index (χ1n) is 4.93. The first kappa shape index (κ1) is 10.5. The van der Waals surface area contributed by atoms with E-state index in [1.165, 1.54) is 12.1 Å². The van der Waals surface area contributed by atoms with Crippen molar-refractivity contribution in [3.8, 4) is 0 Å². The van der Waals surface area contributed by atoms with Crippen molar-refractivity contribution >= 4 is 0 Å². The molecule has 1 fully saturated rings. The molecule has 0 aromatic heterocycles. The van der Waals surface area contributed by atoms with Gasteiger partial charge in [0.2, 0.25) is 0 Å². The standard InChI is InChI=1S/C11H12F3N/c12-11(13,14)10(7-4-8-15-10)9-5-2-1-3-6-9/h1-3,5-6,15H,4,7-8H2/t10-/m0/s1. The topological polar surface area (TPSA) is 12.0 Å². The van der Waals surface area contributed by atoms with Gasteiger partial charge in [0.15, 0.2) is 0 Å². The first-order valence-corrected chi connectivity index (χ1v) is 4.93. The zero-order valence-electron chi connectivity index (χ0n) is 8.14. The van der Waals surface area contributed by atoms with Gasteiger partial charge in [0.25, 0.3) is 0 Å². The summed E-state index contributed by atoms with van der Waals surface area (Å²) in [6.07, 6.45) is -3.54. The largest absolute Gasteiger partial charge is 0.410 e. The third kappa shape index (κ3) is 1.63. The van der Waals surface area contributed by atoms with Crippen molar-refractivity contribution in [3.63, 3.8) is 0 Å². The Kier molecular flexibility index (Phi) is 2.46. The van der Waals surface area contributed by atoms with E-state index in [4.69, 9.17) is 0 Å². The van der Waals surface area contributed by atoms with E-state index >= 15 is 0 Å². The molecule has 1 atom stereocenters. The molecule has 1 N–H and O–H groups in total. The molecule has 1 aromatic carbocycles. The van der Waals surface area contributed by atoms with Crippen LogP contribution in [0.15, 0.2) is 30.3 Å². The van der Waals surface area contributed by atoms with E-state index in [-0.39, 0.29) is 6.42 Å². The minimum atomic E-state index is -4.23. The second kappa shape index (κ2) is 3.52. The molecule has 0 aliphatic carbocycles. The van der Waals surface area contributed by atoms with Crippen molar-refractivity contribution in [2.24, 2.45) is 0 Å². The Morgan fingerprint density at radius 2 is 1.80 bits per heavy atom. The molecule has 0 unspecified atom stereocenters. The van der Waals surface area contributed by atoms with Crippen LogP contribution in [0.2, 0.25) is 0 Å². The number of hydrogen-bond acceptors (Lipinski definition) is 1. The highest BCUT2D eigenvalue weighted by Crippen LogP contribution is 2.44. The molecule has 1 nitrogen and oxygen atoms in total. The molecule has 0 amide bonds. The van der Waals surface area contributed by atoms with Crippen LogP contribution in [0.5, 0.6) is 0 Å². The molecule has 0 spiro atoms. The molecule has 0 saturated carbocycles. The van der Waals surface area contributed by atoms with Gasteiger partial charge < -0.3 is 0 Å². The van der Waals surface area contributed by atoms with Gasteiger partial charge in [0.05, 0.1) is 0 Å². The highest BCUT2D eigenvalue weighted by molar-refractivity contribution is 5.27. The van der Waals surface area contributed by atoms with Crippen LogP contribution >= 0.6 is 0 Å². The third-order valence-corrected chi connectivity index (χ3v) is 2.91. The summed E-state index contributed by atoms with van der Waals surface area (Å²) in [4.78, 5) is 0. The predicted molar refractivity (Wildman–Crippen MR) is 51.4 cm³/mol. The Morgan fingerprint density at radius 3 is 2.27 bits per heavy atom. The Labute approximate surface area is 86.3 Å². The van der Waals surface area contributed by atoms with Crippen molar-refractivity contribution in [1.29, 1.82) is 0 Å². The highest BCUT2D eigenvalue weighted by atomic mass is 19.4. The minimum Gasteiger partial charge on any atom is -0.300 e. The van der Waals surface area contributed by atoms with E-state index < -0.39 is 11.7 Å². The number of rotatable bonds is 1. The molecule has 0 radical (unpaired) electrons. The van der Waals surface area contributed by atoms with Crippen LogP contribution in [0, 0.1) is 0 Å². The van der Waals surface area contributed by atoms with Gasteiger partial charge >= 0.3 is 6.18 Å². The average Bonchev–Trinajstić information content (AvgIpc) is 2.68. The molecular formula is C11H12F3N. The summed E-state index contributed by atoms with van der Waals surface area (Å²) >= 11 is 0. The average molecular weight is 215 g/mol. The second-order valence-electron chi connectivity index (χ2n) is 3.80. The number of halogens is 3. The van der Waals surface area contributed by atoms with Crippen molar-refractivity contribution in [2.75, 3.05) is 6.54 Å². The van der Waals surface area contributed by atoms with Crippen molar-refractivity contribution in [2.45, 2.75) is 24.6 Å². The van der Waals surface area contributed by atoms with Gasteiger partial charge in [-0.3, -0.25) is 5.32 Å². The lowest BCUT2D eigenvalue weighted by atomic mass is 9.88. The predicted octanol–water partition coefficient (Wildman–Crippen LogP) is 2.83. The van der Waals surface area contributed by atoms with Gasteiger partial charge in [-0.1, -0.05) is 30.3 Å². The normalized spacial score (nSPS) is 26.9. The van der Waals surface area contributed by atoms with E-state index in [0.717, 1.165) is 0 Å². The fourth-order valence-corrected chi connectivity index (χ4v) is 2.12. The van der Waals surface area contributed by atoms with Crippen LogP contribution in [-0.2, 0) is 5.54 Å². The number of alkyl halides is 3. The SMILES string of the molecule is FC(F)(F)[C@@]1(c2ccccc2)CCCN1. The first-order chi connectivity index (χ1) is 7.06. The van der Waals surface area contributed by atoms with Gasteiger partial charge in [0.1, 0.15) is 5.54 Å². The lowest BCUT2D eigenvalue weighted by Gasteiger charge is -2.32. The second-order valence-corrected chi connectivity index (χ2v) is 3.80. The van der Waals surface area contributed by atoms with Crippen LogP contribution in [0.4, 0.5) is 13.2 Å². The summed E-state index contributed by atoms with van der Waals surface area (Å²) in [7, 11) is 0. The Morgan fingerprint density at radius 1 is 1.13 bits per heavy atom. The Hall–Kier alpha value is -1.03. The maximum atomic E-state index is 13.0. The highest BCUT2D eigenvalue weighted by Gasteiger charge is 2.56. The molecule has 1 aliphatic heterocycles. The number of benzene rings is 1. The molecule has 15 heavy (non-hydrogen) atoms. The summed E-state index contributed by atoms with van der Waals surface area (Å²) in [5.74, 6) is 0. The van der Waals surface area contributed by atoms with Crippen molar-refractivity contribution < 1.29 is 13.2 Å². The number of nitrogens with one attached hydrogen (secondary N) is 1. The summed E-state index contributed by atoms with van der Waals surface area (Å²) in [6, 6.07) is 8.08. The van der Waals surface area contributed by atoms with Crippen molar-refractivity contribution in [1.82, 2.24) is 5.32 Å². The quantitative estimate of drug-likeness (QED) is 0.759. The lowest BCUT2D eigenvalue weighted by Crippen LogP contribution is -2.49. The molecular weight excluding hydrogens is 203 g/mol. The molecule has 2 rings (SSSR count). The summed E-state index contributed by atoms with van der Waals surface area (Å²) in [5.41, 5.74) is -1.51. The molecule has 82 valence electrons. The third-order valence-electron chi connectivity index (χ3n) is 2.91. The minimum absolute atomic E-state index is 0.126. The van der Waals surface area contributed by atoms with E-state index in [9.17, 15) is 13.2 Å². The molecule has 1 saturated heterocycles. The van der Waals surface area contributed by atoms with Crippen LogP contribution in [0.1, 0.15) is 18.4 Å². The smallest absolute Gasteiger partial charge is 0.300 e. The Bertz CT molecular complexity index is 325. The van der Waals surface area contributed by atoms with Crippen LogP contribution < -0.4 is 5.32 Å². The Balaban J connectivity index is 2.44.